The third-order valence-electron chi connectivity index (χ3n) is 3.77. The Balaban J connectivity index is 2.39. The first-order valence-corrected chi connectivity index (χ1v) is 7.10. The summed E-state index contributed by atoms with van der Waals surface area (Å²) in [7, 11) is 0. The van der Waals surface area contributed by atoms with E-state index in [2.05, 4.69) is 4.98 Å². The topological polar surface area (TPSA) is 51.6 Å². The number of ether oxygens (including phenoxy) is 2. The predicted molar refractivity (Wildman–Crippen MR) is 77.8 cm³/mol. The van der Waals surface area contributed by atoms with Crippen LogP contribution in [0.1, 0.15) is 53.5 Å². The molecule has 1 aromatic rings. The summed E-state index contributed by atoms with van der Waals surface area (Å²) in [5, 5.41) is 11.2. The van der Waals surface area contributed by atoms with Gasteiger partial charge >= 0.3 is 0 Å². The Labute approximate surface area is 121 Å². The normalized spacial score (nSPS) is 27.8. The zero-order valence-electron chi connectivity index (χ0n) is 13.2. The highest BCUT2D eigenvalue weighted by Gasteiger charge is 2.57. The third-order valence-corrected chi connectivity index (χ3v) is 3.77. The van der Waals surface area contributed by atoms with Crippen molar-refractivity contribution in [3.63, 3.8) is 0 Å². The molecule has 0 aliphatic carbocycles. The van der Waals surface area contributed by atoms with Gasteiger partial charge in [0, 0.05) is 18.2 Å². The van der Waals surface area contributed by atoms with Crippen LogP contribution in [-0.2, 0) is 10.3 Å². The van der Waals surface area contributed by atoms with Crippen LogP contribution in [0.15, 0.2) is 18.5 Å². The first-order valence-electron chi connectivity index (χ1n) is 7.10. The quantitative estimate of drug-likeness (QED) is 0.924. The second-order valence-electron chi connectivity index (χ2n) is 6.99. The van der Waals surface area contributed by atoms with E-state index in [0.29, 0.717) is 12.2 Å². The van der Waals surface area contributed by atoms with E-state index in [-0.39, 0.29) is 11.7 Å². The van der Waals surface area contributed by atoms with Gasteiger partial charge in [-0.25, -0.2) is 0 Å². The summed E-state index contributed by atoms with van der Waals surface area (Å²) in [5.41, 5.74) is -1.37. The van der Waals surface area contributed by atoms with E-state index in [4.69, 9.17) is 9.47 Å². The molecule has 1 atom stereocenters. The van der Waals surface area contributed by atoms with E-state index in [9.17, 15) is 5.11 Å². The van der Waals surface area contributed by atoms with Crippen molar-refractivity contribution in [3.8, 4) is 5.75 Å². The lowest BCUT2D eigenvalue weighted by molar-refractivity contribution is -0.130. The molecule has 2 heterocycles. The van der Waals surface area contributed by atoms with Gasteiger partial charge in [0.05, 0.1) is 23.5 Å². The number of nitrogens with zero attached hydrogens (tertiary/aromatic N) is 1. The molecule has 1 saturated heterocycles. The number of hydrogen-bond acceptors (Lipinski definition) is 4. The number of aliphatic hydroxyl groups is 1. The highest BCUT2D eigenvalue weighted by Crippen LogP contribution is 2.50. The summed E-state index contributed by atoms with van der Waals surface area (Å²) >= 11 is 0. The van der Waals surface area contributed by atoms with Crippen molar-refractivity contribution in [1.82, 2.24) is 4.98 Å². The van der Waals surface area contributed by atoms with Crippen LogP contribution in [0, 0.1) is 0 Å². The summed E-state index contributed by atoms with van der Waals surface area (Å²) in [6.45, 7) is 11.7. The van der Waals surface area contributed by atoms with Crippen molar-refractivity contribution in [2.24, 2.45) is 0 Å². The fourth-order valence-corrected chi connectivity index (χ4v) is 3.07. The Morgan fingerprint density at radius 2 is 1.90 bits per heavy atom. The molecule has 1 N–H and O–H groups in total. The minimum absolute atomic E-state index is 0.0750. The Bertz CT molecular complexity index is 496. The van der Waals surface area contributed by atoms with E-state index < -0.39 is 11.2 Å². The Hall–Kier alpha value is -1.13. The summed E-state index contributed by atoms with van der Waals surface area (Å²) in [6, 6.07) is 1.86. The highest BCUT2D eigenvalue weighted by molar-refractivity contribution is 5.32. The lowest BCUT2D eigenvalue weighted by Gasteiger charge is -2.35. The molecule has 1 fully saturated rings. The maximum atomic E-state index is 11.2. The van der Waals surface area contributed by atoms with Crippen molar-refractivity contribution in [3.05, 3.63) is 24.0 Å². The number of pyridine rings is 1. The predicted octanol–water partition coefficient (Wildman–Crippen LogP) is 3.03. The summed E-state index contributed by atoms with van der Waals surface area (Å²) < 4.78 is 11.7. The lowest BCUT2D eigenvalue weighted by Crippen LogP contribution is -2.43. The van der Waals surface area contributed by atoms with E-state index in [1.807, 2.05) is 47.6 Å². The first-order chi connectivity index (χ1) is 9.06. The molecule has 0 amide bonds. The average molecular weight is 279 g/mol. The largest absolute Gasteiger partial charge is 0.489 e. The molecule has 0 bridgehead atoms. The van der Waals surface area contributed by atoms with Gasteiger partial charge in [-0.1, -0.05) is 0 Å². The maximum Gasteiger partial charge on any atom is 0.138 e. The van der Waals surface area contributed by atoms with E-state index in [1.54, 1.807) is 12.4 Å². The first kappa shape index (κ1) is 15.3. The number of hydrogen-bond donors (Lipinski definition) is 1. The van der Waals surface area contributed by atoms with Gasteiger partial charge in [0.1, 0.15) is 11.4 Å². The van der Waals surface area contributed by atoms with Crippen LogP contribution in [-0.4, -0.2) is 27.4 Å². The molecule has 1 unspecified atom stereocenters. The molecule has 0 spiro atoms. The zero-order chi connectivity index (χ0) is 15.2. The maximum absolute atomic E-state index is 11.2. The second-order valence-corrected chi connectivity index (χ2v) is 6.99. The fourth-order valence-electron chi connectivity index (χ4n) is 3.07. The van der Waals surface area contributed by atoms with Crippen LogP contribution in [0.5, 0.6) is 5.75 Å². The monoisotopic (exact) mass is 279 g/mol. The van der Waals surface area contributed by atoms with Gasteiger partial charge in [-0.3, -0.25) is 4.98 Å². The molecular weight excluding hydrogens is 254 g/mol. The molecule has 2 rings (SSSR count). The molecule has 0 saturated carbocycles. The molecule has 112 valence electrons. The van der Waals surface area contributed by atoms with Gasteiger partial charge in [-0.05, 0) is 47.6 Å². The summed E-state index contributed by atoms with van der Waals surface area (Å²) in [4.78, 5) is 4.20. The Morgan fingerprint density at radius 3 is 2.40 bits per heavy atom. The molecule has 1 aromatic heterocycles. The molecule has 20 heavy (non-hydrogen) atoms. The molecule has 1 aliphatic rings. The smallest absolute Gasteiger partial charge is 0.138 e. The molecular formula is C16H25NO3. The number of aromatic nitrogens is 1. The SMILES string of the molecule is CC(C)Oc1cncc(C2(O)CC(C)(C)OC2(C)C)c1. The van der Waals surface area contributed by atoms with Gasteiger partial charge in [0.2, 0.25) is 0 Å². The van der Waals surface area contributed by atoms with Crippen LogP contribution in [0.4, 0.5) is 0 Å². The van der Waals surface area contributed by atoms with Crippen LogP contribution < -0.4 is 4.74 Å². The van der Waals surface area contributed by atoms with Crippen LogP contribution in [0.3, 0.4) is 0 Å². The minimum Gasteiger partial charge on any atom is -0.489 e. The average Bonchev–Trinajstić information content (AvgIpc) is 2.42. The standard InChI is InChI=1S/C16H25NO3/c1-11(2)19-13-7-12(8-17-9-13)16(18)10-14(3,4)20-15(16,5)6/h7-9,11,18H,10H2,1-6H3. The van der Waals surface area contributed by atoms with E-state index >= 15 is 0 Å². The van der Waals surface area contributed by atoms with Crippen LogP contribution in [0.25, 0.3) is 0 Å². The van der Waals surface area contributed by atoms with E-state index in [0.717, 1.165) is 5.56 Å². The molecule has 0 aromatic carbocycles. The summed E-state index contributed by atoms with van der Waals surface area (Å²) in [6.07, 6.45) is 3.96. The molecule has 4 heteroatoms. The summed E-state index contributed by atoms with van der Waals surface area (Å²) in [5.74, 6) is 0.673. The number of rotatable bonds is 3. The van der Waals surface area contributed by atoms with E-state index in [1.165, 1.54) is 0 Å². The fraction of sp³-hybridized carbons (Fsp3) is 0.688. The van der Waals surface area contributed by atoms with Crippen molar-refractivity contribution < 1.29 is 14.6 Å². The van der Waals surface area contributed by atoms with Crippen molar-refractivity contribution in [2.75, 3.05) is 0 Å². The highest BCUT2D eigenvalue weighted by atomic mass is 16.5. The zero-order valence-corrected chi connectivity index (χ0v) is 13.2. The minimum atomic E-state index is -1.07. The van der Waals surface area contributed by atoms with Gasteiger partial charge in [0.25, 0.3) is 0 Å². The van der Waals surface area contributed by atoms with Gasteiger partial charge in [-0.2, -0.15) is 0 Å². The lowest BCUT2D eigenvalue weighted by atomic mass is 9.78. The Kier molecular flexibility index (Phi) is 3.59. The van der Waals surface area contributed by atoms with Gasteiger partial charge < -0.3 is 14.6 Å². The van der Waals surface area contributed by atoms with Crippen molar-refractivity contribution in [1.29, 1.82) is 0 Å². The molecule has 0 radical (unpaired) electrons. The van der Waals surface area contributed by atoms with Crippen molar-refractivity contribution in [2.45, 2.75) is 70.9 Å². The van der Waals surface area contributed by atoms with Crippen molar-refractivity contribution >= 4 is 0 Å². The third kappa shape index (κ3) is 2.67. The van der Waals surface area contributed by atoms with Gasteiger partial charge in [-0.15, -0.1) is 0 Å². The Morgan fingerprint density at radius 1 is 1.25 bits per heavy atom. The van der Waals surface area contributed by atoms with Crippen LogP contribution in [0.2, 0.25) is 0 Å². The van der Waals surface area contributed by atoms with Gasteiger partial charge in [0.15, 0.2) is 0 Å². The van der Waals surface area contributed by atoms with Crippen LogP contribution >= 0.6 is 0 Å². The molecule has 4 nitrogen and oxygen atoms in total. The second kappa shape index (κ2) is 4.71. The molecule has 1 aliphatic heterocycles.